The van der Waals surface area contributed by atoms with Gasteiger partial charge in [0.1, 0.15) is 5.83 Å². The third kappa shape index (κ3) is 5.20. The van der Waals surface area contributed by atoms with Gasteiger partial charge in [-0.3, -0.25) is 4.79 Å². The van der Waals surface area contributed by atoms with Gasteiger partial charge in [0, 0.05) is 27.7 Å². The average molecular weight is 369 g/mol. The number of hydrogen-bond acceptors (Lipinski definition) is 2. The highest BCUT2D eigenvalue weighted by atomic mass is 35.5. The summed E-state index contributed by atoms with van der Waals surface area (Å²) in [5, 5.41) is 6.73. The van der Waals surface area contributed by atoms with E-state index in [4.69, 9.17) is 23.2 Å². The van der Waals surface area contributed by atoms with Gasteiger partial charge in [0.25, 0.3) is 0 Å². The minimum atomic E-state index is -0.650. The highest BCUT2D eigenvalue weighted by Crippen LogP contribution is 2.29. The van der Waals surface area contributed by atoms with Gasteiger partial charge in [-0.1, -0.05) is 41.9 Å². The number of anilines is 1. The summed E-state index contributed by atoms with van der Waals surface area (Å²) in [4.78, 5) is 12.5. The lowest BCUT2D eigenvalue weighted by Gasteiger charge is -2.18. The van der Waals surface area contributed by atoms with E-state index in [0.717, 1.165) is 0 Å². The van der Waals surface area contributed by atoms with Crippen LogP contribution < -0.4 is 10.6 Å². The van der Waals surface area contributed by atoms with E-state index in [2.05, 4.69) is 17.2 Å². The molecule has 0 spiro atoms. The quantitative estimate of drug-likeness (QED) is 0.732. The SMILES string of the molecule is C=C(Cl)/C=C\C=C(/F)C1C[C@H](C)NC1C(=O)Nc1cccc(Cl)c1. The molecule has 1 amide bonds. The van der Waals surface area contributed by atoms with Crippen molar-refractivity contribution in [2.24, 2.45) is 5.92 Å². The Kier molecular flexibility index (Phi) is 6.60. The van der Waals surface area contributed by atoms with E-state index < -0.39 is 12.0 Å². The molecule has 0 saturated carbocycles. The van der Waals surface area contributed by atoms with Crippen molar-refractivity contribution < 1.29 is 9.18 Å². The Hall–Kier alpha value is -1.62. The summed E-state index contributed by atoms with van der Waals surface area (Å²) in [6.07, 6.45) is 4.83. The van der Waals surface area contributed by atoms with Crippen LogP contribution in [0.15, 0.2) is 59.9 Å². The van der Waals surface area contributed by atoms with Gasteiger partial charge in [0.05, 0.1) is 6.04 Å². The van der Waals surface area contributed by atoms with E-state index in [9.17, 15) is 9.18 Å². The molecule has 2 N–H and O–H groups in total. The van der Waals surface area contributed by atoms with Gasteiger partial charge in [-0.05, 0) is 43.7 Å². The second-order valence-electron chi connectivity index (χ2n) is 5.74. The van der Waals surface area contributed by atoms with Crippen LogP contribution in [0.3, 0.4) is 0 Å². The zero-order chi connectivity index (χ0) is 17.7. The van der Waals surface area contributed by atoms with Gasteiger partial charge in [-0.15, -0.1) is 0 Å². The van der Waals surface area contributed by atoms with Gasteiger partial charge in [-0.25, -0.2) is 4.39 Å². The lowest BCUT2D eigenvalue weighted by atomic mass is 9.96. The topological polar surface area (TPSA) is 41.1 Å². The number of halogens is 3. The molecule has 3 atom stereocenters. The van der Waals surface area contributed by atoms with Crippen LogP contribution in [0, 0.1) is 5.92 Å². The maximum Gasteiger partial charge on any atom is 0.242 e. The van der Waals surface area contributed by atoms with Crippen LogP contribution in [-0.2, 0) is 4.79 Å². The van der Waals surface area contributed by atoms with Crippen molar-refractivity contribution in [1.29, 1.82) is 0 Å². The Labute approximate surface area is 151 Å². The first-order chi connectivity index (χ1) is 11.4. The fourth-order valence-corrected chi connectivity index (χ4v) is 2.96. The molecule has 0 radical (unpaired) electrons. The molecule has 1 aromatic carbocycles. The van der Waals surface area contributed by atoms with Crippen LogP contribution in [0.1, 0.15) is 13.3 Å². The normalized spacial score (nSPS) is 24.3. The van der Waals surface area contributed by atoms with Crippen molar-refractivity contribution in [2.45, 2.75) is 25.4 Å². The number of rotatable bonds is 5. The largest absolute Gasteiger partial charge is 0.325 e. The predicted molar refractivity (Wildman–Crippen MR) is 97.9 cm³/mol. The number of nitrogens with one attached hydrogen (secondary N) is 2. The molecule has 2 rings (SSSR count). The summed E-state index contributed by atoms with van der Waals surface area (Å²) >= 11 is 11.5. The summed E-state index contributed by atoms with van der Waals surface area (Å²) < 4.78 is 14.4. The molecule has 1 saturated heterocycles. The molecule has 1 heterocycles. The standard InChI is InChI=1S/C18H19Cl2FN2O/c1-11(19)5-3-8-16(21)15-9-12(2)22-17(15)18(24)23-14-7-4-6-13(20)10-14/h3-8,10,12,15,17,22H,1,9H2,2H3,(H,23,24)/b5-3-,16-8-/t12-,15?,17?/m0/s1. The maximum absolute atomic E-state index is 14.4. The first-order valence-electron chi connectivity index (χ1n) is 7.57. The van der Waals surface area contributed by atoms with Crippen LogP contribution >= 0.6 is 23.2 Å². The Bertz CT molecular complexity index is 687. The first kappa shape index (κ1) is 18.7. The molecule has 1 fully saturated rings. The van der Waals surface area contributed by atoms with E-state index in [-0.39, 0.29) is 17.8 Å². The summed E-state index contributed by atoms with van der Waals surface area (Å²) in [6.45, 7) is 5.42. The van der Waals surface area contributed by atoms with Crippen LogP contribution in [0.2, 0.25) is 5.02 Å². The fraction of sp³-hybridized carbons (Fsp3) is 0.278. The molecular formula is C18H19Cl2FN2O. The Morgan fingerprint density at radius 1 is 1.50 bits per heavy atom. The number of carbonyl (C=O) groups is 1. The Balaban J connectivity index is 2.11. The third-order valence-electron chi connectivity index (χ3n) is 3.74. The molecule has 0 aromatic heterocycles. The van der Waals surface area contributed by atoms with Crippen LogP contribution in [0.25, 0.3) is 0 Å². The number of allylic oxidation sites excluding steroid dienone is 4. The molecule has 3 nitrogen and oxygen atoms in total. The molecule has 24 heavy (non-hydrogen) atoms. The molecule has 1 aliphatic heterocycles. The summed E-state index contributed by atoms with van der Waals surface area (Å²) in [5.74, 6) is -1.19. The van der Waals surface area contributed by atoms with E-state index in [1.807, 2.05) is 6.92 Å². The summed E-state index contributed by atoms with van der Waals surface area (Å²) in [7, 11) is 0. The lowest BCUT2D eigenvalue weighted by Crippen LogP contribution is -2.41. The van der Waals surface area contributed by atoms with Crippen molar-refractivity contribution in [3.63, 3.8) is 0 Å². The average Bonchev–Trinajstić information content (AvgIpc) is 2.89. The zero-order valence-corrected chi connectivity index (χ0v) is 14.7. The molecule has 0 aliphatic carbocycles. The van der Waals surface area contributed by atoms with Crippen molar-refractivity contribution in [3.8, 4) is 0 Å². The Morgan fingerprint density at radius 3 is 2.92 bits per heavy atom. The minimum absolute atomic E-state index is 0.0382. The second-order valence-corrected chi connectivity index (χ2v) is 6.67. The molecular weight excluding hydrogens is 350 g/mol. The predicted octanol–water partition coefficient (Wildman–Crippen LogP) is 4.81. The van der Waals surface area contributed by atoms with Crippen molar-refractivity contribution in [3.05, 3.63) is 65.0 Å². The molecule has 128 valence electrons. The molecule has 0 bridgehead atoms. The summed E-state index contributed by atoms with van der Waals surface area (Å²) in [6, 6.07) is 6.23. The third-order valence-corrected chi connectivity index (χ3v) is 4.10. The van der Waals surface area contributed by atoms with Gasteiger partial charge < -0.3 is 10.6 Å². The number of carbonyl (C=O) groups excluding carboxylic acids is 1. The Morgan fingerprint density at radius 2 is 2.25 bits per heavy atom. The highest BCUT2D eigenvalue weighted by molar-refractivity contribution is 6.31. The van der Waals surface area contributed by atoms with E-state index in [1.54, 1.807) is 24.3 Å². The van der Waals surface area contributed by atoms with Crippen LogP contribution in [0.4, 0.5) is 10.1 Å². The fourth-order valence-electron chi connectivity index (χ4n) is 2.69. The molecule has 1 aliphatic rings. The maximum atomic E-state index is 14.4. The minimum Gasteiger partial charge on any atom is -0.325 e. The van der Waals surface area contributed by atoms with E-state index >= 15 is 0 Å². The molecule has 2 unspecified atom stereocenters. The monoisotopic (exact) mass is 368 g/mol. The summed E-state index contributed by atoms with van der Waals surface area (Å²) in [5.41, 5.74) is 0.579. The molecule has 6 heteroatoms. The van der Waals surface area contributed by atoms with Crippen LogP contribution in [-0.4, -0.2) is 18.0 Å². The van der Waals surface area contributed by atoms with Gasteiger partial charge >= 0.3 is 0 Å². The number of hydrogen-bond donors (Lipinski definition) is 2. The van der Waals surface area contributed by atoms with Gasteiger partial charge in [0.2, 0.25) is 5.91 Å². The zero-order valence-electron chi connectivity index (χ0n) is 13.2. The number of amides is 1. The number of benzene rings is 1. The van der Waals surface area contributed by atoms with Gasteiger partial charge in [0.15, 0.2) is 0 Å². The lowest BCUT2D eigenvalue weighted by molar-refractivity contribution is -0.118. The van der Waals surface area contributed by atoms with E-state index in [0.29, 0.717) is 22.2 Å². The molecule has 1 aromatic rings. The van der Waals surface area contributed by atoms with Crippen molar-refractivity contribution in [2.75, 3.05) is 5.32 Å². The second kappa shape index (κ2) is 8.47. The highest BCUT2D eigenvalue weighted by Gasteiger charge is 2.38. The van der Waals surface area contributed by atoms with Crippen molar-refractivity contribution in [1.82, 2.24) is 5.32 Å². The smallest absolute Gasteiger partial charge is 0.242 e. The van der Waals surface area contributed by atoms with Crippen molar-refractivity contribution >= 4 is 34.8 Å². The first-order valence-corrected chi connectivity index (χ1v) is 8.33. The van der Waals surface area contributed by atoms with Gasteiger partial charge in [-0.2, -0.15) is 0 Å². The van der Waals surface area contributed by atoms with Crippen LogP contribution in [0.5, 0.6) is 0 Å². The van der Waals surface area contributed by atoms with E-state index in [1.165, 1.54) is 18.2 Å².